The quantitative estimate of drug-likeness (QED) is 0.166. The van der Waals surface area contributed by atoms with E-state index >= 15 is 0 Å². The van der Waals surface area contributed by atoms with Gasteiger partial charge in [0.25, 0.3) is 0 Å². The van der Waals surface area contributed by atoms with Gasteiger partial charge in [0.05, 0.1) is 18.0 Å². The van der Waals surface area contributed by atoms with Crippen molar-refractivity contribution in [1.82, 2.24) is 9.55 Å². The molecule has 6 aromatic rings. The number of para-hydroxylation sites is 2. The maximum atomic E-state index is 8.20. The molecule has 254 valence electrons. The second kappa shape index (κ2) is 12.4. The summed E-state index contributed by atoms with van der Waals surface area (Å²) in [4.78, 5) is 8.33. The monoisotopic (exact) mass is 832 g/mol. The van der Waals surface area contributed by atoms with E-state index in [1.165, 1.54) is 16.0 Å². The van der Waals surface area contributed by atoms with E-state index in [0.717, 1.165) is 44.6 Å². The number of anilines is 3. The van der Waals surface area contributed by atoms with Gasteiger partial charge in [0.2, 0.25) is 0 Å². The second-order valence-corrected chi connectivity index (χ2v) is 16.0. The zero-order valence-electron chi connectivity index (χ0n) is 32.8. The number of aromatic nitrogens is 2. The predicted molar refractivity (Wildman–Crippen MR) is 201 cm³/mol. The fraction of sp³-hybridized carbons (Fsp3) is 0.326. The molecular formula is C43H46N4OPt. The van der Waals surface area contributed by atoms with E-state index in [2.05, 4.69) is 121 Å². The Morgan fingerprint density at radius 3 is 2.06 bits per heavy atom. The van der Waals surface area contributed by atoms with Gasteiger partial charge < -0.3 is 19.1 Å². The second-order valence-electron chi connectivity index (χ2n) is 16.0. The van der Waals surface area contributed by atoms with Gasteiger partial charge in [0, 0.05) is 34.3 Å². The number of nitrogens with zero attached hydrogens (tertiary/aromatic N) is 4. The van der Waals surface area contributed by atoms with Crippen molar-refractivity contribution in [2.75, 3.05) is 23.4 Å². The summed E-state index contributed by atoms with van der Waals surface area (Å²) in [5.74, 6) is 1.91. The van der Waals surface area contributed by atoms with Crippen LogP contribution in [0, 0.1) is 12.1 Å². The van der Waals surface area contributed by atoms with Gasteiger partial charge in [-0.05, 0) is 63.1 Å². The van der Waals surface area contributed by atoms with E-state index in [0.29, 0.717) is 17.2 Å². The Hall–Kier alpha value is -4.08. The van der Waals surface area contributed by atoms with Crippen molar-refractivity contribution in [3.8, 4) is 17.3 Å². The number of fused-ring (bicyclic) bond motifs is 4. The molecule has 0 atom stereocenters. The molecule has 0 unspecified atom stereocenters. The number of pyridine rings is 1. The Balaban J connectivity index is 0.00000464. The van der Waals surface area contributed by atoms with Crippen LogP contribution in [0.2, 0.25) is 0 Å². The van der Waals surface area contributed by atoms with Gasteiger partial charge in [-0.3, -0.25) is 0 Å². The fourth-order valence-corrected chi connectivity index (χ4v) is 6.39. The predicted octanol–water partition coefficient (Wildman–Crippen LogP) is 11.0. The SMILES string of the molecule is [2H]C([2H])([2H])N1CN(c2[c-]c(Oc3[c-]c4c(cc3)c3ccc(C(C)(C)C)cc3n4-c3cc(C(C)(C)C)ccn3)cc(C(C)(C)C)c2)c2ccccc21.[Pt+2]. The summed E-state index contributed by atoms with van der Waals surface area (Å²) in [6.07, 6.45) is 1.89. The minimum atomic E-state index is -2.29. The van der Waals surface area contributed by atoms with Crippen LogP contribution in [-0.2, 0) is 37.3 Å². The van der Waals surface area contributed by atoms with Crippen LogP contribution in [0.15, 0.2) is 85.1 Å². The van der Waals surface area contributed by atoms with Crippen molar-refractivity contribution in [1.29, 1.82) is 0 Å². The van der Waals surface area contributed by atoms with Gasteiger partial charge >= 0.3 is 21.1 Å². The van der Waals surface area contributed by atoms with Crippen LogP contribution < -0.4 is 14.5 Å². The van der Waals surface area contributed by atoms with E-state index in [-0.39, 0.29) is 44.0 Å². The van der Waals surface area contributed by atoms with E-state index in [1.807, 2.05) is 47.5 Å². The average Bonchev–Trinajstić information content (AvgIpc) is 3.59. The van der Waals surface area contributed by atoms with Crippen LogP contribution in [0.5, 0.6) is 11.5 Å². The molecule has 0 radical (unpaired) electrons. The molecule has 0 saturated carbocycles. The minimum absolute atomic E-state index is 0. The molecule has 6 heteroatoms. The maximum Gasteiger partial charge on any atom is 2.00 e. The van der Waals surface area contributed by atoms with Crippen molar-refractivity contribution in [2.24, 2.45) is 0 Å². The first-order valence-electron chi connectivity index (χ1n) is 18.2. The molecule has 4 aromatic carbocycles. The van der Waals surface area contributed by atoms with E-state index in [9.17, 15) is 0 Å². The topological polar surface area (TPSA) is 33.5 Å². The van der Waals surface area contributed by atoms with Crippen molar-refractivity contribution in [3.63, 3.8) is 0 Å². The normalized spacial score (nSPS) is 14.8. The Morgan fingerprint density at radius 2 is 1.37 bits per heavy atom. The molecule has 0 amide bonds. The molecule has 0 aliphatic carbocycles. The molecule has 0 bridgehead atoms. The first-order valence-corrected chi connectivity index (χ1v) is 16.7. The van der Waals surface area contributed by atoms with Crippen LogP contribution >= 0.6 is 0 Å². The average molecular weight is 833 g/mol. The number of benzene rings is 4. The molecule has 0 saturated heterocycles. The minimum Gasteiger partial charge on any atom is -0.509 e. The zero-order chi connectivity index (χ0) is 36.7. The largest absolute Gasteiger partial charge is 2.00 e. The van der Waals surface area contributed by atoms with Crippen molar-refractivity contribution in [3.05, 3.63) is 114 Å². The molecule has 1 aliphatic rings. The Morgan fingerprint density at radius 1 is 0.694 bits per heavy atom. The van der Waals surface area contributed by atoms with Crippen LogP contribution in [0.1, 0.15) is 83.1 Å². The van der Waals surface area contributed by atoms with Crippen LogP contribution in [0.25, 0.3) is 27.6 Å². The van der Waals surface area contributed by atoms with Crippen LogP contribution in [0.4, 0.5) is 17.1 Å². The Bertz CT molecular complexity index is 2290. The molecular weight excluding hydrogens is 784 g/mol. The van der Waals surface area contributed by atoms with Crippen LogP contribution in [0.3, 0.4) is 0 Å². The van der Waals surface area contributed by atoms with Crippen molar-refractivity contribution >= 4 is 38.9 Å². The first kappa shape index (κ1) is 30.9. The molecule has 7 rings (SSSR count). The van der Waals surface area contributed by atoms with Crippen molar-refractivity contribution < 1.29 is 29.9 Å². The smallest absolute Gasteiger partial charge is 0.509 e. The van der Waals surface area contributed by atoms with Gasteiger partial charge in [-0.2, -0.15) is 6.07 Å². The molecule has 0 fully saturated rings. The Labute approximate surface area is 310 Å². The number of hydrogen-bond donors (Lipinski definition) is 0. The fourth-order valence-electron chi connectivity index (χ4n) is 6.39. The summed E-state index contributed by atoms with van der Waals surface area (Å²) >= 11 is 0. The third kappa shape index (κ3) is 6.51. The molecule has 3 heterocycles. The molecule has 2 aromatic heterocycles. The Kier molecular flexibility index (Phi) is 7.80. The summed E-state index contributed by atoms with van der Waals surface area (Å²) in [5, 5.41) is 2.19. The van der Waals surface area contributed by atoms with E-state index in [1.54, 1.807) is 0 Å². The summed E-state index contributed by atoms with van der Waals surface area (Å²) in [7, 11) is 0. The number of hydrogen-bond acceptors (Lipinski definition) is 4. The zero-order valence-corrected chi connectivity index (χ0v) is 32.1. The molecule has 0 spiro atoms. The third-order valence-corrected chi connectivity index (χ3v) is 9.31. The molecule has 0 N–H and O–H groups in total. The van der Waals surface area contributed by atoms with Gasteiger partial charge in [-0.15, -0.1) is 41.3 Å². The summed E-state index contributed by atoms with van der Waals surface area (Å²) in [6, 6.07) is 33.8. The third-order valence-electron chi connectivity index (χ3n) is 9.31. The molecule has 1 aliphatic heterocycles. The number of rotatable bonds is 4. The van der Waals surface area contributed by atoms with Gasteiger partial charge in [-0.1, -0.05) is 97.8 Å². The summed E-state index contributed by atoms with van der Waals surface area (Å²) in [6.45, 7) is 17.7. The van der Waals surface area contributed by atoms with E-state index in [4.69, 9.17) is 13.8 Å². The maximum absolute atomic E-state index is 8.20. The molecule has 49 heavy (non-hydrogen) atoms. The molecule has 5 nitrogen and oxygen atoms in total. The summed E-state index contributed by atoms with van der Waals surface area (Å²) in [5.41, 5.74) is 7.36. The van der Waals surface area contributed by atoms with E-state index < -0.39 is 6.98 Å². The van der Waals surface area contributed by atoms with Gasteiger partial charge in [-0.25, -0.2) is 4.98 Å². The van der Waals surface area contributed by atoms with Gasteiger partial charge in [0.1, 0.15) is 5.82 Å². The number of ether oxygens (including phenoxy) is 1. The van der Waals surface area contributed by atoms with Crippen LogP contribution in [-0.4, -0.2) is 23.2 Å². The first-order chi connectivity index (χ1) is 23.8. The summed E-state index contributed by atoms with van der Waals surface area (Å²) < 4.78 is 33.5. The standard InChI is InChI=1S/C43H46N4O.Pt/c1-41(2,3)28-15-17-34-35-18-16-32(26-39(35)47(38(34)23-28)40-24-29(19-20-44-40)42(4,5)6)48-33-22-30(43(7,8)9)21-31(25-33)46-27-45(10)36-13-11-12-14-37(36)46;/h11-24H,27H2,1-10H3;/q-2;+2/i10D3;. The van der Waals surface area contributed by atoms with Crippen molar-refractivity contribution in [2.45, 2.75) is 78.6 Å². The van der Waals surface area contributed by atoms with Gasteiger partial charge in [0.15, 0.2) is 0 Å².